The first kappa shape index (κ1) is 13.1. The van der Waals surface area contributed by atoms with E-state index in [4.69, 9.17) is 22.1 Å². The van der Waals surface area contributed by atoms with Crippen LogP contribution in [-0.2, 0) is 4.74 Å². The van der Waals surface area contributed by atoms with Gasteiger partial charge in [-0.25, -0.2) is 0 Å². The van der Waals surface area contributed by atoms with Gasteiger partial charge in [-0.1, -0.05) is 11.6 Å². The Morgan fingerprint density at radius 3 is 3.00 bits per heavy atom. The zero-order valence-electron chi connectivity index (χ0n) is 9.78. The zero-order chi connectivity index (χ0) is 13.2. The van der Waals surface area contributed by atoms with Crippen LogP contribution in [0.4, 0.5) is 5.69 Å². The monoisotopic (exact) mass is 270 g/mol. The van der Waals surface area contributed by atoms with Crippen LogP contribution in [0.2, 0.25) is 5.02 Å². The van der Waals surface area contributed by atoms with E-state index in [2.05, 4.69) is 5.32 Å². The number of nitrogen functional groups attached to an aromatic ring is 1. The Morgan fingerprint density at radius 1 is 1.61 bits per heavy atom. The van der Waals surface area contributed by atoms with Crippen LogP contribution >= 0.6 is 11.6 Å². The summed E-state index contributed by atoms with van der Waals surface area (Å²) in [6.07, 6.45) is 0.524. The van der Waals surface area contributed by atoms with Crippen LogP contribution in [0.3, 0.4) is 0 Å². The van der Waals surface area contributed by atoms with E-state index in [1.54, 1.807) is 12.1 Å². The van der Waals surface area contributed by atoms with E-state index in [9.17, 15) is 9.90 Å². The van der Waals surface area contributed by atoms with Gasteiger partial charge in [0.1, 0.15) is 5.60 Å². The van der Waals surface area contributed by atoms with E-state index in [-0.39, 0.29) is 19.1 Å². The average Bonchev–Trinajstić information content (AvgIpc) is 2.77. The Labute approximate surface area is 110 Å². The molecule has 0 spiro atoms. The number of benzene rings is 1. The first-order valence-electron chi connectivity index (χ1n) is 5.63. The Kier molecular flexibility index (Phi) is 3.75. The van der Waals surface area contributed by atoms with Gasteiger partial charge in [0.05, 0.1) is 17.3 Å². The molecule has 1 heterocycles. The molecule has 1 aliphatic rings. The molecule has 5 nitrogen and oxygen atoms in total. The fourth-order valence-corrected chi connectivity index (χ4v) is 1.93. The van der Waals surface area contributed by atoms with Gasteiger partial charge in [0.25, 0.3) is 5.91 Å². The molecule has 98 valence electrons. The number of ether oxygens (including phenoxy) is 1. The first-order valence-corrected chi connectivity index (χ1v) is 6.01. The van der Waals surface area contributed by atoms with Gasteiger partial charge in [-0.2, -0.15) is 0 Å². The van der Waals surface area contributed by atoms with Gasteiger partial charge < -0.3 is 20.9 Å². The number of amides is 1. The Bertz CT molecular complexity index is 459. The van der Waals surface area contributed by atoms with E-state index in [0.717, 1.165) is 0 Å². The number of halogens is 1. The number of rotatable bonds is 3. The largest absolute Gasteiger partial charge is 0.398 e. The average molecular weight is 271 g/mol. The molecule has 4 N–H and O–H groups in total. The van der Waals surface area contributed by atoms with Crippen LogP contribution in [0.1, 0.15) is 16.8 Å². The molecule has 2 rings (SSSR count). The maximum Gasteiger partial charge on any atom is 0.251 e. The quantitative estimate of drug-likeness (QED) is 0.710. The van der Waals surface area contributed by atoms with E-state index in [0.29, 0.717) is 29.3 Å². The number of nitrogens with one attached hydrogen (secondary N) is 1. The minimum Gasteiger partial charge on any atom is -0.398 e. The Hall–Kier alpha value is -1.30. The maximum absolute atomic E-state index is 11.8. The van der Waals surface area contributed by atoms with Crippen LogP contribution in [0, 0.1) is 0 Å². The van der Waals surface area contributed by atoms with Crippen LogP contribution in [0.25, 0.3) is 0 Å². The number of carbonyl (C=O) groups is 1. The molecule has 0 aromatic heterocycles. The van der Waals surface area contributed by atoms with Gasteiger partial charge in [-0.05, 0) is 18.2 Å². The molecular weight excluding hydrogens is 256 g/mol. The molecule has 0 bridgehead atoms. The number of hydrogen-bond donors (Lipinski definition) is 3. The highest BCUT2D eigenvalue weighted by atomic mass is 35.5. The molecule has 1 amide bonds. The molecule has 0 saturated carbocycles. The van der Waals surface area contributed by atoms with Crippen molar-refractivity contribution in [2.45, 2.75) is 12.0 Å². The van der Waals surface area contributed by atoms with Gasteiger partial charge in [0.15, 0.2) is 0 Å². The normalized spacial score (nSPS) is 23.0. The van der Waals surface area contributed by atoms with Gasteiger partial charge >= 0.3 is 0 Å². The predicted molar refractivity (Wildman–Crippen MR) is 68.6 cm³/mol. The van der Waals surface area contributed by atoms with Crippen molar-refractivity contribution < 1.29 is 14.6 Å². The lowest BCUT2D eigenvalue weighted by atomic mass is 10.0. The van der Waals surface area contributed by atoms with Gasteiger partial charge in [0, 0.05) is 25.1 Å². The van der Waals surface area contributed by atoms with Crippen molar-refractivity contribution >= 4 is 23.2 Å². The maximum atomic E-state index is 11.8. The first-order chi connectivity index (χ1) is 8.50. The SMILES string of the molecule is Nc1ccc(C(=O)NCC2(O)CCOC2)cc1Cl. The minimum absolute atomic E-state index is 0.161. The fourth-order valence-electron chi connectivity index (χ4n) is 1.75. The van der Waals surface area contributed by atoms with Gasteiger partial charge in [-0.3, -0.25) is 4.79 Å². The van der Waals surface area contributed by atoms with E-state index in [1.807, 2.05) is 0 Å². The fraction of sp³-hybridized carbons (Fsp3) is 0.417. The Balaban J connectivity index is 1.97. The lowest BCUT2D eigenvalue weighted by Crippen LogP contribution is -2.43. The number of carbonyl (C=O) groups excluding carboxylic acids is 1. The molecule has 1 atom stereocenters. The molecule has 0 aliphatic carbocycles. The second-order valence-electron chi connectivity index (χ2n) is 4.45. The summed E-state index contributed by atoms with van der Waals surface area (Å²) in [7, 11) is 0. The number of hydrogen-bond acceptors (Lipinski definition) is 4. The third-order valence-corrected chi connectivity index (χ3v) is 3.25. The molecular formula is C12H15ClN2O3. The summed E-state index contributed by atoms with van der Waals surface area (Å²) >= 11 is 5.84. The minimum atomic E-state index is -0.965. The molecule has 1 aromatic rings. The summed E-state index contributed by atoms with van der Waals surface area (Å²) in [6.45, 7) is 0.920. The van der Waals surface area contributed by atoms with Crippen molar-refractivity contribution in [3.8, 4) is 0 Å². The summed E-state index contributed by atoms with van der Waals surface area (Å²) in [5.74, 6) is -0.294. The summed E-state index contributed by atoms with van der Waals surface area (Å²) < 4.78 is 5.09. The number of aliphatic hydroxyl groups is 1. The second-order valence-corrected chi connectivity index (χ2v) is 4.85. The Morgan fingerprint density at radius 2 is 2.39 bits per heavy atom. The molecule has 1 saturated heterocycles. The standard InChI is InChI=1S/C12H15ClN2O3/c13-9-5-8(1-2-10(9)14)11(16)15-6-12(17)3-4-18-7-12/h1-2,5,17H,3-4,6-7,14H2,(H,15,16). The van der Waals surface area contributed by atoms with Crippen molar-refractivity contribution in [2.24, 2.45) is 0 Å². The third kappa shape index (κ3) is 2.93. The highest BCUT2D eigenvalue weighted by molar-refractivity contribution is 6.33. The van der Waals surface area contributed by atoms with E-state index >= 15 is 0 Å². The highest BCUT2D eigenvalue weighted by Gasteiger charge is 2.32. The predicted octanol–water partition coefficient (Wildman–Crippen LogP) is 0.803. The second kappa shape index (κ2) is 5.14. The van der Waals surface area contributed by atoms with E-state index in [1.165, 1.54) is 6.07 Å². The van der Waals surface area contributed by atoms with Crippen LogP contribution < -0.4 is 11.1 Å². The molecule has 1 aliphatic heterocycles. The van der Waals surface area contributed by atoms with Crippen LogP contribution in [0.15, 0.2) is 18.2 Å². The summed E-state index contributed by atoms with van der Waals surface area (Å²) in [5.41, 5.74) is 5.44. The lowest BCUT2D eigenvalue weighted by molar-refractivity contribution is 0.0264. The molecule has 0 radical (unpaired) electrons. The number of nitrogens with two attached hydrogens (primary N) is 1. The summed E-state index contributed by atoms with van der Waals surface area (Å²) in [6, 6.07) is 4.66. The van der Waals surface area contributed by atoms with Gasteiger partial charge in [0.2, 0.25) is 0 Å². The van der Waals surface area contributed by atoms with Crippen LogP contribution in [0.5, 0.6) is 0 Å². The van der Waals surface area contributed by atoms with Crippen molar-refractivity contribution in [1.82, 2.24) is 5.32 Å². The molecule has 6 heteroatoms. The lowest BCUT2D eigenvalue weighted by Gasteiger charge is -2.20. The van der Waals surface area contributed by atoms with Crippen molar-refractivity contribution in [3.05, 3.63) is 28.8 Å². The smallest absolute Gasteiger partial charge is 0.251 e. The highest BCUT2D eigenvalue weighted by Crippen LogP contribution is 2.20. The van der Waals surface area contributed by atoms with Crippen molar-refractivity contribution in [1.29, 1.82) is 0 Å². The topological polar surface area (TPSA) is 84.6 Å². The third-order valence-electron chi connectivity index (χ3n) is 2.92. The zero-order valence-corrected chi connectivity index (χ0v) is 10.5. The molecule has 1 aromatic carbocycles. The summed E-state index contributed by atoms with van der Waals surface area (Å²) in [4.78, 5) is 11.8. The summed E-state index contributed by atoms with van der Waals surface area (Å²) in [5, 5.41) is 13.0. The van der Waals surface area contributed by atoms with Crippen molar-refractivity contribution in [2.75, 3.05) is 25.5 Å². The number of anilines is 1. The molecule has 18 heavy (non-hydrogen) atoms. The molecule has 1 fully saturated rings. The van der Waals surface area contributed by atoms with E-state index < -0.39 is 5.60 Å². The van der Waals surface area contributed by atoms with Crippen LogP contribution in [-0.4, -0.2) is 36.4 Å². The van der Waals surface area contributed by atoms with Crippen molar-refractivity contribution in [3.63, 3.8) is 0 Å². The van der Waals surface area contributed by atoms with Gasteiger partial charge in [-0.15, -0.1) is 0 Å². The molecule has 1 unspecified atom stereocenters.